The Kier molecular flexibility index (Phi) is 9.14. The SMILES string of the molecule is CCCCN(C)C(=O)CCC(CCN)C(C)C. The Bertz CT molecular complexity index is 204. The van der Waals surface area contributed by atoms with Crippen molar-refractivity contribution in [2.45, 2.75) is 52.9 Å². The summed E-state index contributed by atoms with van der Waals surface area (Å²) in [6.45, 7) is 8.19. The van der Waals surface area contributed by atoms with E-state index in [1.165, 1.54) is 0 Å². The van der Waals surface area contributed by atoms with Crippen molar-refractivity contribution >= 4 is 5.91 Å². The van der Waals surface area contributed by atoms with Crippen LogP contribution in [0.1, 0.15) is 52.9 Å². The van der Waals surface area contributed by atoms with Gasteiger partial charge in [-0.25, -0.2) is 0 Å². The maximum atomic E-state index is 11.9. The third-order valence-corrected chi connectivity index (χ3v) is 3.48. The van der Waals surface area contributed by atoms with Crippen LogP contribution in [0.15, 0.2) is 0 Å². The first-order valence-electron chi connectivity index (χ1n) is 6.96. The van der Waals surface area contributed by atoms with Crippen LogP contribution >= 0.6 is 0 Å². The highest BCUT2D eigenvalue weighted by Gasteiger charge is 2.15. The van der Waals surface area contributed by atoms with Gasteiger partial charge in [0.2, 0.25) is 5.91 Å². The van der Waals surface area contributed by atoms with E-state index in [0.29, 0.717) is 18.3 Å². The fourth-order valence-electron chi connectivity index (χ4n) is 2.04. The Balaban J connectivity index is 3.94. The summed E-state index contributed by atoms with van der Waals surface area (Å²) in [7, 11) is 1.91. The van der Waals surface area contributed by atoms with E-state index in [9.17, 15) is 4.79 Å². The number of carbonyl (C=O) groups excluding carboxylic acids is 1. The molecule has 2 N–H and O–H groups in total. The summed E-state index contributed by atoms with van der Waals surface area (Å²) in [6.07, 6.45) is 4.91. The summed E-state index contributed by atoms with van der Waals surface area (Å²) < 4.78 is 0. The topological polar surface area (TPSA) is 46.3 Å². The number of hydrogen-bond donors (Lipinski definition) is 1. The van der Waals surface area contributed by atoms with Crippen molar-refractivity contribution in [3.8, 4) is 0 Å². The monoisotopic (exact) mass is 242 g/mol. The van der Waals surface area contributed by atoms with Crippen molar-refractivity contribution in [3.05, 3.63) is 0 Å². The van der Waals surface area contributed by atoms with E-state index in [2.05, 4.69) is 20.8 Å². The standard InChI is InChI=1S/C14H30N2O/c1-5-6-11-16(4)14(17)8-7-13(9-10-15)12(2)3/h12-13H,5-11,15H2,1-4H3. The summed E-state index contributed by atoms with van der Waals surface area (Å²) in [5.74, 6) is 1.48. The van der Waals surface area contributed by atoms with Gasteiger partial charge in [0, 0.05) is 20.0 Å². The molecule has 1 atom stereocenters. The molecule has 0 rings (SSSR count). The molecule has 0 aliphatic rings. The van der Waals surface area contributed by atoms with Crippen LogP contribution < -0.4 is 5.73 Å². The molecule has 0 aliphatic carbocycles. The van der Waals surface area contributed by atoms with Gasteiger partial charge in [-0.15, -0.1) is 0 Å². The number of rotatable bonds is 9. The van der Waals surface area contributed by atoms with Crippen LogP contribution in [0.4, 0.5) is 0 Å². The fourth-order valence-corrected chi connectivity index (χ4v) is 2.04. The Morgan fingerprint density at radius 2 is 1.94 bits per heavy atom. The van der Waals surface area contributed by atoms with Gasteiger partial charge in [-0.05, 0) is 37.6 Å². The van der Waals surface area contributed by atoms with E-state index in [1.54, 1.807) is 0 Å². The minimum Gasteiger partial charge on any atom is -0.346 e. The summed E-state index contributed by atoms with van der Waals surface area (Å²) in [6, 6.07) is 0. The zero-order valence-electron chi connectivity index (χ0n) is 12.0. The molecule has 0 spiro atoms. The Hall–Kier alpha value is -0.570. The molecule has 17 heavy (non-hydrogen) atoms. The lowest BCUT2D eigenvalue weighted by molar-refractivity contribution is -0.130. The quantitative estimate of drug-likeness (QED) is 0.675. The first kappa shape index (κ1) is 16.4. The van der Waals surface area contributed by atoms with Gasteiger partial charge < -0.3 is 10.6 Å². The number of nitrogens with zero attached hydrogens (tertiary/aromatic N) is 1. The second-order valence-electron chi connectivity index (χ2n) is 5.29. The number of unbranched alkanes of at least 4 members (excludes halogenated alkanes) is 1. The third-order valence-electron chi connectivity index (χ3n) is 3.48. The molecule has 0 aliphatic heterocycles. The first-order valence-corrected chi connectivity index (χ1v) is 6.96. The van der Waals surface area contributed by atoms with Crippen LogP contribution in [0.25, 0.3) is 0 Å². The van der Waals surface area contributed by atoms with Crippen LogP contribution in [-0.4, -0.2) is 30.9 Å². The zero-order chi connectivity index (χ0) is 13.3. The molecule has 0 fully saturated rings. The largest absolute Gasteiger partial charge is 0.346 e. The van der Waals surface area contributed by atoms with Crippen LogP contribution in [0, 0.1) is 11.8 Å². The predicted octanol–water partition coefficient (Wildman–Crippen LogP) is 2.65. The van der Waals surface area contributed by atoms with E-state index in [4.69, 9.17) is 5.73 Å². The zero-order valence-corrected chi connectivity index (χ0v) is 12.0. The molecule has 0 aromatic heterocycles. The average molecular weight is 242 g/mol. The van der Waals surface area contributed by atoms with Gasteiger partial charge in [0.15, 0.2) is 0 Å². The summed E-state index contributed by atoms with van der Waals surface area (Å²) in [5.41, 5.74) is 5.60. The third kappa shape index (κ3) is 7.37. The van der Waals surface area contributed by atoms with Gasteiger partial charge in [0.1, 0.15) is 0 Å². The van der Waals surface area contributed by atoms with Gasteiger partial charge in [-0.3, -0.25) is 4.79 Å². The molecule has 1 amide bonds. The minimum absolute atomic E-state index is 0.279. The molecule has 3 heteroatoms. The normalized spacial score (nSPS) is 12.8. The lowest BCUT2D eigenvalue weighted by Crippen LogP contribution is -2.28. The predicted molar refractivity (Wildman–Crippen MR) is 73.8 cm³/mol. The molecular formula is C14H30N2O. The molecule has 0 bridgehead atoms. The number of hydrogen-bond acceptors (Lipinski definition) is 2. The van der Waals surface area contributed by atoms with Crippen molar-refractivity contribution in [3.63, 3.8) is 0 Å². The molecule has 102 valence electrons. The van der Waals surface area contributed by atoms with Gasteiger partial charge in [0.25, 0.3) is 0 Å². The minimum atomic E-state index is 0.279. The average Bonchev–Trinajstić information content (AvgIpc) is 2.30. The smallest absolute Gasteiger partial charge is 0.222 e. The van der Waals surface area contributed by atoms with Crippen LogP contribution in [0.2, 0.25) is 0 Å². The van der Waals surface area contributed by atoms with Crippen LogP contribution in [0.5, 0.6) is 0 Å². The van der Waals surface area contributed by atoms with Crippen LogP contribution in [0.3, 0.4) is 0 Å². The maximum absolute atomic E-state index is 11.9. The van der Waals surface area contributed by atoms with E-state index in [0.717, 1.165) is 38.8 Å². The lowest BCUT2D eigenvalue weighted by Gasteiger charge is -2.22. The molecule has 0 aromatic carbocycles. The fraction of sp³-hybridized carbons (Fsp3) is 0.929. The van der Waals surface area contributed by atoms with Crippen molar-refractivity contribution in [1.82, 2.24) is 4.90 Å². The first-order chi connectivity index (χ1) is 8.02. The van der Waals surface area contributed by atoms with E-state index >= 15 is 0 Å². The highest BCUT2D eigenvalue weighted by Crippen LogP contribution is 2.20. The Morgan fingerprint density at radius 3 is 2.41 bits per heavy atom. The van der Waals surface area contributed by atoms with E-state index in [1.807, 2.05) is 11.9 Å². The number of nitrogens with two attached hydrogens (primary N) is 1. The number of carbonyl (C=O) groups is 1. The Labute approximate surface area is 107 Å². The van der Waals surface area contributed by atoms with Crippen molar-refractivity contribution < 1.29 is 4.79 Å². The molecule has 0 saturated carbocycles. The highest BCUT2D eigenvalue weighted by atomic mass is 16.2. The van der Waals surface area contributed by atoms with Gasteiger partial charge in [-0.2, -0.15) is 0 Å². The molecule has 0 aromatic rings. The molecular weight excluding hydrogens is 212 g/mol. The van der Waals surface area contributed by atoms with E-state index < -0.39 is 0 Å². The molecule has 3 nitrogen and oxygen atoms in total. The van der Waals surface area contributed by atoms with Crippen LogP contribution in [-0.2, 0) is 4.79 Å². The van der Waals surface area contributed by atoms with Gasteiger partial charge >= 0.3 is 0 Å². The van der Waals surface area contributed by atoms with Gasteiger partial charge in [0.05, 0.1) is 0 Å². The van der Waals surface area contributed by atoms with Crippen molar-refractivity contribution in [2.24, 2.45) is 17.6 Å². The molecule has 0 saturated heterocycles. The van der Waals surface area contributed by atoms with E-state index in [-0.39, 0.29) is 5.91 Å². The highest BCUT2D eigenvalue weighted by molar-refractivity contribution is 5.75. The summed E-state index contributed by atoms with van der Waals surface area (Å²) in [5, 5.41) is 0. The summed E-state index contributed by atoms with van der Waals surface area (Å²) >= 11 is 0. The molecule has 0 heterocycles. The second kappa shape index (κ2) is 9.46. The van der Waals surface area contributed by atoms with Crippen molar-refractivity contribution in [2.75, 3.05) is 20.1 Å². The molecule has 0 radical (unpaired) electrons. The molecule has 1 unspecified atom stereocenters. The Morgan fingerprint density at radius 1 is 1.29 bits per heavy atom. The maximum Gasteiger partial charge on any atom is 0.222 e. The van der Waals surface area contributed by atoms with Gasteiger partial charge in [-0.1, -0.05) is 27.2 Å². The van der Waals surface area contributed by atoms with Crippen molar-refractivity contribution in [1.29, 1.82) is 0 Å². The second-order valence-corrected chi connectivity index (χ2v) is 5.29. The number of amides is 1. The lowest BCUT2D eigenvalue weighted by atomic mass is 9.88. The summed E-state index contributed by atoms with van der Waals surface area (Å²) in [4.78, 5) is 13.7.